The van der Waals surface area contributed by atoms with Gasteiger partial charge in [0.2, 0.25) is 0 Å². The van der Waals surface area contributed by atoms with Crippen LogP contribution in [0.4, 0.5) is 0 Å². The van der Waals surface area contributed by atoms with E-state index in [1.54, 1.807) is 0 Å². The monoisotopic (exact) mass is 194 g/mol. The third kappa shape index (κ3) is 33.5. The molecule has 0 unspecified atom stereocenters. The Morgan fingerprint density at radius 3 is 1.20 bits per heavy atom. The van der Waals surface area contributed by atoms with Gasteiger partial charge >= 0.3 is 25.7 Å². The summed E-state index contributed by atoms with van der Waals surface area (Å²) in [6.45, 7) is 0. The van der Waals surface area contributed by atoms with Crippen LogP contribution in [0, 0.1) is 0 Å². The first-order valence-electron chi connectivity index (χ1n) is 0.408. The van der Waals surface area contributed by atoms with Gasteiger partial charge in [0.15, 0.2) is 0 Å². The van der Waals surface area contributed by atoms with Gasteiger partial charge in [0.05, 0.1) is 0 Å². The van der Waals surface area contributed by atoms with Crippen molar-refractivity contribution in [3.8, 4) is 0 Å². The second-order valence-corrected chi connectivity index (χ2v) is 0.344. The maximum atomic E-state index is 8.50. The van der Waals surface area contributed by atoms with E-state index in [1.165, 1.54) is 0 Å². The molecule has 0 N–H and O–H groups in total. The van der Waals surface area contributed by atoms with E-state index in [2.05, 4.69) is 0 Å². The molecule has 5 heavy (non-hydrogen) atoms. The molecule has 2 nitrogen and oxygen atoms in total. The van der Waals surface area contributed by atoms with Crippen molar-refractivity contribution < 1.29 is 59.3 Å². The fourth-order valence-corrected chi connectivity index (χ4v) is 0. The summed E-state index contributed by atoms with van der Waals surface area (Å²) in [4.78, 5) is 0. The summed E-state index contributed by atoms with van der Waals surface area (Å²) >= 11 is -2.00. The van der Waals surface area contributed by atoms with Gasteiger partial charge in [-0.05, 0) is 0 Å². The molecule has 0 aromatic carbocycles. The molecule has 0 saturated carbocycles. The van der Waals surface area contributed by atoms with Crippen LogP contribution in [0.1, 0.15) is 0 Å². The molecule has 0 aromatic rings. The van der Waals surface area contributed by atoms with Crippen LogP contribution in [-0.2, 0) is 59.3 Å². The van der Waals surface area contributed by atoms with Crippen LogP contribution in [0.5, 0.6) is 0 Å². The standard InChI is InChI=1S/Fe.Ni.2O.Ti. The van der Waals surface area contributed by atoms with Gasteiger partial charge in [0, 0.05) is 33.6 Å². The van der Waals surface area contributed by atoms with E-state index >= 15 is 0 Å². The number of rotatable bonds is 0. The van der Waals surface area contributed by atoms with Crippen LogP contribution >= 0.6 is 0 Å². The molecule has 0 atom stereocenters. The minimum absolute atomic E-state index is 0. The van der Waals surface area contributed by atoms with Crippen molar-refractivity contribution in [2.24, 2.45) is 0 Å². The van der Waals surface area contributed by atoms with Crippen LogP contribution in [-0.4, -0.2) is 0 Å². The molecule has 0 heterocycles. The average molecular weight is 194 g/mol. The van der Waals surface area contributed by atoms with Crippen molar-refractivity contribution in [3.63, 3.8) is 0 Å². The molecule has 5 heteroatoms. The Labute approximate surface area is 59.0 Å². The molecule has 34 valence electrons. The average Bonchev–Trinajstić information content (AvgIpc) is 0.918. The normalized spacial score (nSPS) is 1.60. The van der Waals surface area contributed by atoms with Crippen LogP contribution < -0.4 is 0 Å². The Balaban J connectivity index is -0.0000000200. The van der Waals surface area contributed by atoms with E-state index in [0.29, 0.717) is 0 Å². The van der Waals surface area contributed by atoms with Crippen LogP contribution in [0.25, 0.3) is 0 Å². The molecule has 0 fully saturated rings. The second-order valence-electron chi connectivity index (χ2n) is 0.0833. The van der Waals surface area contributed by atoms with Gasteiger partial charge < -0.3 is 0 Å². The van der Waals surface area contributed by atoms with Crippen molar-refractivity contribution >= 4 is 0 Å². The van der Waals surface area contributed by atoms with E-state index in [0.717, 1.165) is 0 Å². The Bertz CT molecular complexity index is 30.6. The molecular weight excluding hydrogens is 194 g/mol. The first-order chi connectivity index (χ1) is 1.41. The van der Waals surface area contributed by atoms with Gasteiger partial charge in [-0.1, -0.05) is 0 Å². The molecule has 0 rings (SSSR count). The Morgan fingerprint density at radius 1 is 1.20 bits per heavy atom. The Kier molecular flexibility index (Phi) is 59.7. The second kappa shape index (κ2) is 18.4. The SMILES string of the molecule is [Fe].[Ni].[O]=[Ti]=[O]. The summed E-state index contributed by atoms with van der Waals surface area (Å²) in [5, 5.41) is 0. The van der Waals surface area contributed by atoms with Gasteiger partial charge in [-0.15, -0.1) is 0 Å². The minimum atomic E-state index is -2.00. The molecule has 0 aliphatic rings. The summed E-state index contributed by atoms with van der Waals surface area (Å²) in [5.74, 6) is 0. The first kappa shape index (κ1) is 16.2. The third-order valence-corrected chi connectivity index (χ3v) is 0. The zero-order valence-corrected chi connectivity index (χ0v) is 5.64. The zero-order valence-electron chi connectivity index (χ0n) is 1.99. The van der Waals surface area contributed by atoms with Crippen molar-refractivity contribution in [3.05, 3.63) is 0 Å². The zero-order chi connectivity index (χ0) is 2.71. The Hall–Kier alpha value is 1.33. The van der Waals surface area contributed by atoms with Crippen molar-refractivity contribution in [2.45, 2.75) is 0 Å². The molecule has 0 spiro atoms. The Morgan fingerprint density at radius 2 is 1.20 bits per heavy atom. The van der Waals surface area contributed by atoms with E-state index in [-0.39, 0.29) is 33.6 Å². The van der Waals surface area contributed by atoms with Crippen LogP contribution in [0.2, 0.25) is 0 Å². The van der Waals surface area contributed by atoms with Gasteiger partial charge in [0.1, 0.15) is 0 Å². The van der Waals surface area contributed by atoms with E-state index < -0.39 is 19.1 Å². The molecule has 0 saturated heterocycles. The molecule has 0 bridgehead atoms. The van der Waals surface area contributed by atoms with Crippen molar-refractivity contribution in [1.29, 1.82) is 0 Å². The molecule has 0 aliphatic heterocycles. The number of hydrogen-bond donors (Lipinski definition) is 0. The topological polar surface area (TPSA) is 34.1 Å². The molecule has 0 radical (unpaired) electrons. The van der Waals surface area contributed by atoms with Crippen molar-refractivity contribution in [2.75, 3.05) is 0 Å². The summed E-state index contributed by atoms with van der Waals surface area (Å²) in [5.41, 5.74) is 0. The fourth-order valence-electron chi connectivity index (χ4n) is 0. The first-order valence-corrected chi connectivity index (χ1v) is 1.68. The molecule has 0 aliphatic carbocycles. The van der Waals surface area contributed by atoms with Gasteiger partial charge in [-0.3, -0.25) is 0 Å². The van der Waals surface area contributed by atoms with E-state index in [4.69, 9.17) is 6.65 Å². The van der Waals surface area contributed by atoms with Crippen LogP contribution in [0.3, 0.4) is 0 Å². The predicted octanol–water partition coefficient (Wildman–Crippen LogP) is -0.245. The summed E-state index contributed by atoms with van der Waals surface area (Å²) in [6.07, 6.45) is 0. The van der Waals surface area contributed by atoms with Crippen molar-refractivity contribution in [1.82, 2.24) is 0 Å². The van der Waals surface area contributed by atoms with E-state index in [9.17, 15) is 0 Å². The predicted molar refractivity (Wildman–Crippen MR) is 1.37 cm³/mol. The number of hydrogen-bond acceptors (Lipinski definition) is 2. The molecule has 0 amide bonds. The van der Waals surface area contributed by atoms with E-state index in [1.807, 2.05) is 0 Å². The quantitative estimate of drug-likeness (QED) is 0.499. The van der Waals surface area contributed by atoms with Crippen LogP contribution in [0.15, 0.2) is 0 Å². The fraction of sp³-hybridized carbons (Fsp3) is 0. The molecular formula is FeNiO2Ti. The van der Waals surface area contributed by atoms with Gasteiger partial charge in [-0.25, -0.2) is 0 Å². The molecule has 0 aromatic heterocycles. The van der Waals surface area contributed by atoms with Gasteiger partial charge in [-0.2, -0.15) is 0 Å². The maximum absolute atomic E-state index is 8.50. The summed E-state index contributed by atoms with van der Waals surface area (Å²) in [7, 11) is 0. The summed E-state index contributed by atoms with van der Waals surface area (Å²) in [6, 6.07) is 0. The summed E-state index contributed by atoms with van der Waals surface area (Å²) < 4.78 is 17.0. The van der Waals surface area contributed by atoms with Gasteiger partial charge in [0.25, 0.3) is 0 Å². The third-order valence-electron chi connectivity index (χ3n) is 0.